The van der Waals surface area contributed by atoms with Gasteiger partial charge in [0.2, 0.25) is 5.95 Å². The molecule has 150 valence electrons. The molecule has 0 fully saturated rings. The minimum Gasteiger partial charge on any atom is -0.493 e. The van der Waals surface area contributed by atoms with Crippen LogP contribution in [0, 0.1) is 20.8 Å². The Kier molecular flexibility index (Phi) is 5.97. The molecular formula is C22H24N4O3. The van der Waals surface area contributed by atoms with E-state index in [0.717, 1.165) is 16.8 Å². The molecule has 0 radical (unpaired) electrons. The molecular weight excluding hydrogens is 368 g/mol. The van der Waals surface area contributed by atoms with Gasteiger partial charge < -0.3 is 20.1 Å². The Morgan fingerprint density at radius 3 is 2.24 bits per heavy atom. The van der Waals surface area contributed by atoms with Crippen molar-refractivity contribution in [1.29, 1.82) is 0 Å². The van der Waals surface area contributed by atoms with Crippen molar-refractivity contribution in [1.82, 2.24) is 9.97 Å². The van der Waals surface area contributed by atoms with E-state index >= 15 is 0 Å². The standard InChI is InChI=1S/C22H24N4O3/c1-13-7-6-8-14(2)20(13)26-22-23-15(3)11-17(25-22)21(27)24-16-9-10-18(28-4)19(12-16)29-5/h6-12H,1-5H3,(H,24,27)(H,23,25,26). The minimum absolute atomic E-state index is 0.265. The summed E-state index contributed by atoms with van der Waals surface area (Å²) in [6, 6.07) is 12.8. The van der Waals surface area contributed by atoms with Gasteiger partial charge in [0.15, 0.2) is 11.5 Å². The molecule has 0 bridgehead atoms. The zero-order valence-electron chi connectivity index (χ0n) is 17.2. The van der Waals surface area contributed by atoms with E-state index in [4.69, 9.17) is 9.47 Å². The number of carbonyl (C=O) groups is 1. The van der Waals surface area contributed by atoms with E-state index in [2.05, 4.69) is 20.6 Å². The third-order valence-corrected chi connectivity index (χ3v) is 4.45. The molecule has 1 amide bonds. The topological polar surface area (TPSA) is 85.4 Å². The van der Waals surface area contributed by atoms with Crippen LogP contribution < -0.4 is 20.1 Å². The number of nitrogens with one attached hydrogen (secondary N) is 2. The number of hydrogen-bond donors (Lipinski definition) is 2. The van der Waals surface area contributed by atoms with E-state index in [1.54, 1.807) is 38.5 Å². The molecule has 1 aromatic heterocycles. The highest BCUT2D eigenvalue weighted by Crippen LogP contribution is 2.30. The van der Waals surface area contributed by atoms with Crippen molar-refractivity contribution in [3.63, 3.8) is 0 Å². The van der Waals surface area contributed by atoms with Gasteiger partial charge in [0.05, 0.1) is 14.2 Å². The molecule has 3 rings (SSSR count). The van der Waals surface area contributed by atoms with Crippen molar-refractivity contribution < 1.29 is 14.3 Å². The number of nitrogens with zero attached hydrogens (tertiary/aromatic N) is 2. The van der Waals surface area contributed by atoms with Gasteiger partial charge in [-0.25, -0.2) is 9.97 Å². The van der Waals surface area contributed by atoms with Gasteiger partial charge >= 0.3 is 0 Å². The summed E-state index contributed by atoms with van der Waals surface area (Å²) >= 11 is 0. The van der Waals surface area contributed by atoms with Crippen LogP contribution in [0.15, 0.2) is 42.5 Å². The van der Waals surface area contributed by atoms with E-state index in [0.29, 0.717) is 28.8 Å². The van der Waals surface area contributed by atoms with Crippen molar-refractivity contribution >= 4 is 23.2 Å². The number of aromatic nitrogens is 2. The van der Waals surface area contributed by atoms with Gasteiger partial charge in [0, 0.05) is 23.1 Å². The first-order valence-electron chi connectivity index (χ1n) is 9.13. The van der Waals surface area contributed by atoms with Crippen LogP contribution in [0.2, 0.25) is 0 Å². The highest BCUT2D eigenvalue weighted by molar-refractivity contribution is 6.03. The van der Waals surface area contributed by atoms with Crippen molar-refractivity contribution in [2.75, 3.05) is 24.9 Å². The fraction of sp³-hybridized carbons (Fsp3) is 0.227. The summed E-state index contributed by atoms with van der Waals surface area (Å²) in [4.78, 5) is 21.6. The number of carbonyl (C=O) groups excluding carboxylic acids is 1. The van der Waals surface area contributed by atoms with Gasteiger partial charge in [-0.1, -0.05) is 18.2 Å². The summed E-state index contributed by atoms with van der Waals surface area (Å²) in [5.41, 5.74) is 4.61. The van der Waals surface area contributed by atoms with Crippen LogP contribution >= 0.6 is 0 Å². The molecule has 0 aliphatic heterocycles. The summed E-state index contributed by atoms with van der Waals surface area (Å²) in [6.07, 6.45) is 0. The predicted molar refractivity (Wildman–Crippen MR) is 113 cm³/mol. The number of ether oxygens (including phenoxy) is 2. The maximum atomic E-state index is 12.8. The third kappa shape index (κ3) is 4.63. The van der Waals surface area contributed by atoms with Crippen LogP contribution in [-0.4, -0.2) is 30.1 Å². The molecule has 0 aliphatic carbocycles. The maximum Gasteiger partial charge on any atom is 0.274 e. The molecule has 3 aromatic rings. The molecule has 0 unspecified atom stereocenters. The molecule has 0 spiro atoms. The molecule has 1 heterocycles. The molecule has 2 aromatic carbocycles. The smallest absolute Gasteiger partial charge is 0.274 e. The Hall–Kier alpha value is -3.61. The highest BCUT2D eigenvalue weighted by atomic mass is 16.5. The zero-order valence-corrected chi connectivity index (χ0v) is 17.2. The summed E-state index contributed by atoms with van der Waals surface area (Å²) in [5, 5.41) is 6.07. The van der Waals surface area contributed by atoms with Gasteiger partial charge in [-0.15, -0.1) is 0 Å². The van der Waals surface area contributed by atoms with Crippen LogP contribution in [0.4, 0.5) is 17.3 Å². The van der Waals surface area contributed by atoms with Gasteiger partial charge in [0.1, 0.15) is 5.69 Å². The number of rotatable bonds is 6. The quantitative estimate of drug-likeness (QED) is 0.646. The van der Waals surface area contributed by atoms with Crippen molar-refractivity contribution in [2.45, 2.75) is 20.8 Å². The molecule has 7 nitrogen and oxygen atoms in total. The second-order valence-electron chi connectivity index (χ2n) is 6.63. The normalized spacial score (nSPS) is 10.4. The fourth-order valence-corrected chi connectivity index (χ4v) is 2.97. The number of methoxy groups -OCH3 is 2. The largest absolute Gasteiger partial charge is 0.493 e. The lowest BCUT2D eigenvalue weighted by Gasteiger charge is -2.13. The monoisotopic (exact) mass is 392 g/mol. The Balaban J connectivity index is 1.85. The predicted octanol–water partition coefficient (Wildman–Crippen LogP) is 4.41. The number of benzene rings is 2. The second kappa shape index (κ2) is 8.60. The highest BCUT2D eigenvalue weighted by Gasteiger charge is 2.14. The van der Waals surface area contributed by atoms with Gasteiger partial charge in [-0.3, -0.25) is 4.79 Å². The molecule has 29 heavy (non-hydrogen) atoms. The summed E-state index contributed by atoms with van der Waals surface area (Å²) < 4.78 is 10.5. The van der Waals surface area contributed by atoms with Gasteiger partial charge in [-0.05, 0) is 50.1 Å². The van der Waals surface area contributed by atoms with E-state index in [-0.39, 0.29) is 11.6 Å². The molecule has 0 aliphatic rings. The first kappa shape index (κ1) is 20.1. The van der Waals surface area contributed by atoms with Crippen molar-refractivity contribution in [2.24, 2.45) is 0 Å². The molecule has 2 N–H and O–H groups in total. The number of aryl methyl sites for hydroxylation is 3. The van der Waals surface area contributed by atoms with Crippen LogP contribution in [0.3, 0.4) is 0 Å². The molecule has 7 heteroatoms. The first-order valence-corrected chi connectivity index (χ1v) is 9.13. The Morgan fingerprint density at radius 2 is 1.59 bits per heavy atom. The van der Waals surface area contributed by atoms with Crippen molar-refractivity contribution in [3.05, 3.63) is 65.0 Å². The summed E-state index contributed by atoms with van der Waals surface area (Å²) in [6.45, 7) is 5.84. The zero-order chi connectivity index (χ0) is 21.0. The molecule has 0 atom stereocenters. The fourth-order valence-electron chi connectivity index (χ4n) is 2.97. The van der Waals surface area contributed by atoms with E-state index < -0.39 is 0 Å². The van der Waals surface area contributed by atoms with Crippen LogP contribution in [-0.2, 0) is 0 Å². The summed E-state index contributed by atoms with van der Waals surface area (Å²) in [7, 11) is 3.10. The lowest BCUT2D eigenvalue weighted by atomic mass is 10.1. The third-order valence-electron chi connectivity index (χ3n) is 4.45. The Labute approximate surface area is 170 Å². The lowest BCUT2D eigenvalue weighted by Crippen LogP contribution is -2.16. The summed E-state index contributed by atoms with van der Waals surface area (Å²) in [5.74, 6) is 1.15. The number of amides is 1. The number of para-hydroxylation sites is 1. The first-order chi connectivity index (χ1) is 13.9. The van der Waals surface area contributed by atoms with Crippen LogP contribution in [0.5, 0.6) is 11.5 Å². The van der Waals surface area contributed by atoms with Gasteiger partial charge in [0.25, 0.3) is 5.91 Å². The molecule has 0 saturated heterocycles. The lowest BCUT2D eigenvalue weighted by molar-refractivity contribution is 0.102. The van der Waals surface area contributed by atoms with E-state index in [1.165, 1.54) is 0 Å². The molecule has 0 saturated carbocycles. The van der Waals surface area contributed by atoms with Gasteiger partial charge in [-0.2, -0.15) is 0 Å². The number of hydrogen-bond acceptors (Lipinski definition) is 6. The van der Waals surface area contributed by atoms with Crippen molar-refractivity contribution in [3.8, 4) is 11.5 Å². The van der Waals surface area contributed by atoms with E-state index in [9.17, 15) is 4.79 Å². The second-order valence-corrected chi connectivity index (χ2v) is 6.63. The average Bonchev–Trinajstić information content (AvgIpc) is 2.70. The minimum atomic E-state index is -0.340. The van der Waals surface area contributed by atoms with Crippen LogP contribution in [0.25, 0.3) is 0 Å². The SMILES string of the molecule is COc1ccc(NC(=O)c2cc(C)nc(Nc3c(C)cccc3C)n2)cc1OC. The maximum absolute atomic E-state index is 12.8. The Morgan fingerprint density at radius 1 is 0.897 bits per heavy atom. The average molecular weight is 392 g/mol. The van der Waals surface area contributed by atoms with Crippen LogP contribution in [0.1, 0.15) is 27.3 Å². The number of anilines is 3. The Bertz CT molecular complexity index is 1030. The van der Waals surface area contributed by atoms with E-state index in [1.807, 2.05) is 39.0 Å².